The third kappa shape index (κ3) is 4.28. The largest absolute Gasteiger partial charge is 0.379 e. The molecule has 0 aromatic carbocycles. The van der Waals surface area contributed by atoms with Gasteiger partial charge in [-0.3, -0.25) is 4.79 Å². The van der Waals surface area contributed by atoms with E-state index in [1.54, 1.807) is 0 Å². The smallest absolute Gasteiger partial charge is 0.229 e. The summed E-state index contributed by atoms with van der Waals surface area (Å²) < 4.78 is 5.43. The number of hydrogen-bond acceptors (Lipinski definition) is 3. The number of rotatable bonds is 7. The van der Waals surface area contributed by atoms with Crippen molar-refractivity contribution in [1.29, 1.82) is 0 Å². The Morgan fingerprint density at radius 2 is 2.12 bits per heavy atom. The van der Waals surface area contributed by atoms with Crippen molar-refractivity contribution in [1.82, 2.24) is 10.2 Å². The number of hydrogen-bond donors (Lipinski definition) is 1. The normalized spacial score (nSPS) is 23.9. The molecule has 4 nitrogen and oxygen atoms in total. The molecule has 1 rings (SSSR count). The summed E-state index contributed by atoms with van der Waals surface area (Å²) in [5.74, 6) is 0.230. The molecule has 0 bridgehead atoms. The van der Waals surface area contributed by atoms with Crippen LogP contribution in [0.2, 0.25) is 0 Å². The second-order valence-corrected chi connectivity index (χ2v) is 4.82. The fraction of sp³-hybridized carbons (Fsp3) is 0.923. The number of ether oxygens (including phenoxy) is 1. The number of nitrogens with one attached hydrogen (secondary N) is 1. The topological polar surface area (TPSA) is 41.6 Å². The Hall–Kier alpha value is -0.610. The Balaban J connectivity index is 2.43. The zero-order valence-corrected chi connectivity index (χ0v) is 11.4. The number of carbonyl (C=O) groups excluding carboxylic acids is 1. The molecule has 0 aromatic heterocycles. The maximum absolute atomic E-state index is 12.2. The lowest BCUT2D eigenvalue weighted by atomic mass is 10.0. The van der Waals surface area contributed by atoms with Gasteiger partial charge in [0.25, 0.3) is 0 Å². The number of amides is 1. The van der Waals surface area contributed by atoms with Gasteiger partial charge in [-0.05, 0) is 19.4 Å². The lowest BCUT2D eigenvalue weighted by Crippen LogP contribution is -2.45. The van der Waals surface area contributed by atoms with Crippen molar-refractivity contribution in [3.63, 3.8) is 0 Å². The van der Waals surface area contributed by atoms with E-state index in [1.165, 1.54) is 0 Å². The first-order valence-corrected chi connectivity index (χ1v) is 6.76. The molecule has 1 aliphatic heterocycles. The average Bonchev–Trinajstić information content (AvgIpc) is 2.80. The van der Waals surface area contributed by atoms with E-state index >= 15 is 0 Å². The maximum atomic E-state index is 12.2. The van der Waals surface area contributed by atoms with Crippen LogP contribution in [0.3, 0.4) is 0 Å². The standard InChI is InChI=1S/C13H26N2O2/c1-4-6-8-15(3)13(16)11-9-17-10-12(11)14-7-5-2/h11-12,14H,4-10H2,1-3H3. The van der Waals surface area contributed by atoms with E-state index in [2.05, 4.69) is 19.2 Å². The molecule has 17 heavy (non-hydrogen) atoms. The molecule has 1 saturated heterocycles. The summed E-state index contributed by atoms with van der Waals surface area (Å²) in [6.45, 7) is 7.31. The van der Waals surface area contributed by atoms with Crippen LogP contribution < -0.4 is 5.32 Å². The van der Waals surface area contributed by atoms with E-state index in [0.29, 0.717) is 13.2 Å². The zero-order valence-electron chi connectivity index (χ0n) is 11.4. The van der Waals surface area contributed by atoms with E-state index in [0.717, 1.165) is 32.4 Å². The van der Waals surface area contributed by atoms with E-state index < -0.39 is 0 Å². The Morgan fingerprint density at radius 1 is 1.35 bits per heavy atom. The quantitative estimate of drug-likeness (QED) is 0.731. The van der Waals surface area contributed by atoms with Crippen molar-refractivity contribution in [2.24, 2.45) is 5.92 Å². The summed E-state index contributed by atoms with van der Waals surface area (Å²) in [5.41, 5.74) is 0. The molecule has 0 aliphatic carbocycles. The van der Waals surface area contributed by atoms with Gasteiger partial charge in [-0.15, -0.1) is 0 Å². The molecule has 2 unspecified atom stereocenters. The fourth-order valence-electron chi connectivity index (χ4n) is 2.12. The molecule has 100 valence electrons. The third-order valence-electron chi connectivity index (χ3n) is 3.28. The molecule has 0 radical (unpaired) electrons. The first-order valence-electron chi connectivity index (χ1n) is 6.76. The molecule has 0 saturated carbocycles. The minimum Gasteiger partial charge on any atom is -0.379 e. The molecule has 1 N–H and O–H groups in total. The first-order chi connectivity index (χ1) is 8.20. The van der Waals surface area contributed by atoms with Gasteiger partial charge in [0, 0.05) is 19.6 Å². The van der Waals surface area contributed by atoms with Crippen LogP contribution in [-0.2, 0) is 9.53 Å². The second-order valence-electron chi connectivity index (χ2n) is 4.82. The molecule has 4 heteroatoms. The summed E-state index contributed by atoms with van der Waals surface area (Å²) >= 11 is 0. The van der Waals surface area contributed by atoms with Crippen molar-refractivity contribution in [2.75, 3.05) is 33.4 Å². The molecule has 1 aliphatic rings. The van der Waals surface area contributed by atoms with Gasteiger partial charge in [-0.2, -0.15) is 0 Å². The average molecular weight is 242 g/mol. The molecular formula is C13H26N2O2. The van der Waals surface area contributed by atoms with Crippen molar-refractivity contribution in [3.05, 3.63) is 0 Å². The third-order valence-corrected chi connectivity index (χ3v) is 3.28. The number of carbonyl (C=O) groups is 1. The summed E-state index contributed by atoms with van der Waals surface area (Å²) in [4.78, 5) is 14.1. The first kappa shape index (κ1) is 14.5. The fourth-order valence-corrected chi connectivity index (χ4v) is 2.12. The zero-order chi connectivity index (χ0) is 12.7. The summed E-state index contributed by atoms with van der Waals surface area (Å²) in [5, 5.41) is 3.40. The summed E-state index contributed by atoms with van der Waals surface area (Å²) in [6.07, 6.45) is 3.28. The van der Waals surface area contributed by atoms with Crippen LogP contribution >= 0.6 is 0 Å². The highest BCUT2D eigenvalue weighted by atomic mass is 16.5. The monoisotopic (exact) mass is 242 g/mol. The maximum Gasteiger partial charge on any atom is 0.229 e. The van der Waals surface area contributed by atoms with Gasteiger partial charge in [-0.25, -0.2) is 0 Å². The Morgan fingerprint density at radius 3 is 2.76 bits per heavy atom. The lowest BCUT2D eigenvalue weighted by molar-refractivity contribution is -0.134. The van der Waals surface area contributed by atoms with Crippen LogP contribution in [0, 0.1) is 5.92 Å². The molecule has 0 aromatic rings. The predicted octanol–water partition coefficient (Wildman–Crippen LogP) is 1.26. The Kier molecular flexibility index (Phi) is 6.52. The van der Waals surface area contributed by atoms with E-state index in [1.807, 2.05) is 11.9 Å². The number of unbranched alkanes of at least 4 members (excludes halogenated alkanes) is 1. The Bertz CT molecular complexity index is 233. The highest BCUT2D eigenvalue weighted by Gasteiger charge is 2.34. The van der Waals surface area contributed by atoms with Crippen molar-refractivity contribution < 1.29 is 9.53 Å². The van der Waals surface area contributed by atoms with Crippen molar-refractivity contribution in [3.8, 4) is 0 Å². The molecule has 1 heterocycles. The van der Waals surface area contributed by atoms with Crippen LogP contribution in [0.4, 0.5) is 0 Å². The summed E-state index contributed by atoms with van der Waals surface area (Å²) in [6, 6.07) is 0.200. The highest BCUT2D eigenvalue weighted by molar-refractivity contribution is 5.79. The van der Waals surface area contributed by atoms with Crippen molar-refractivity contribution in [2.45, 2.75) is 39.2 Å². The van der Waals surface area contributed by atoms with Gasteiger partial charge in [0.05, 0.1) is 19.1 Å². The highest BCUT2D eigenvalue weighted by Crippen LogP contribution is 2.16. The molecule has 1 fully saturated rings. The molecule has 2 atom stereocenters. The minimum atomic E-state index is 0.00315. The van der Waals surface area contributed by atoms with Crippen LogP contribution in [0.5, 0.6) is 0 Å². The second kappa shape index (κ2) is 7.67. The lowest BCUT2D eigenvalue weighted by Gasteiger charge is -2.24. The van der Waals surface area contributed by atoms with Gasteiger partial charge >= 0.3 is 0 Å². The van der Waals surface area contributed by atoms with Crippen LogP contribution in [0.15, 0.2) is 0 Å². The van der Waals surface area contributed by atoms with Gasteiger partial charge in [-0.1, -0.05) is 20.3 Å². The van der Waals surface area contributed by atoms with E-state index in [4.69, 9.17) is 4.74 Å². The predicted molar refractivity (Wildman–Crippen MR) is 68.9 cm³/mol. The van der Waals surface area contributed by atoms with Crippen LogP contribution in [0.1, 0.15) is 33.1 Å². The Labute approximate surface area is 105 Å². The van der Waals surface area contributed by atoms with Gasteiger partial charge in [0.15, 0.2) is 0 Å². The SMILES string of the molecule is CCCCN(C)C(=O)C1COCC1NCCC. The van der Waals surface area contributed by atoms with Gasteiger partial charge in [0.1, 0.15) is 0 Å². The summed E-state index contributed by atoms with van der Waals surface area (Å²) in [7, 11) is 1.90. The van der Waals surface area contributed by atoms with E-state index in [-0.39, 0.29) is 17.9 Å². The van der Waals surface area contributed by atoms with Crippen LogP contribution in [0.25, 0.3) is 0 Å². The number of nitrogens with zero attached hydrogens (tertiary/aromatic N) is 1. The molecule has 1 amide bonds. The van der Waals surface area contributed by atoms with Gasteiger partial charge < -0.3 is 15.0 Å². The van der Waals surface area contributed by atoms with E-state index in [9.17, 15) is 4.79 Å². The van der Waals surface area contributed by atoms with Gasteiger partial charge in [0.2, 0.25) is 5.91 Å². The minimum absolute atomic E-state index is 0.00315. The van der Waals surface area contributed by atoms with Crippen molar-refractivity contribution >= 4 is 5.91 Å². The molecule has 0 spiro atoms. The molecular weight excluding hydrogens is 216 g/mol. The van der Waals surface area contributed by atoms with Crippen LogP contribution in [-0.4, -0.2) is 50.2 Å².